The van der Waals surface area contributed by atoms with Gasteiger partial charge in [-0.1, -0.05) is 19.6 Å². The minimum atomic E-state index is -1.21. The van der Waals surface area contributed by atoms with Crippen LogP contribution in [0.25, 0.3) is 11.0 Å². The van der Waals surface area contributed by atoms with Gasteiger partial charge in [-0.15, -0.1) is 0 Å². The van der Waals surface area contributed by atoms with Crippen molar-refractivity contribution < 1.29 is 23.8 Å². The Morgan fingerprint density at radius 1 is 1.18 bits per heavy atom. The van der Waals surface area contributed by atoms with Gasteiger partial charge in [0.2, 0.25) is 0 Å². The second-order valence-corrected chi connectivity index (χ2v) is 16.6. The van der Waals surface area contributed by atoms with Crippen molar-refractivity contribution >= 4 is 31.2 Å². The number of likely N-dealkylation sites (tertiary alicyclic amines) is 1. The predicted octanol–water partition coefficient (Wildman–Crippen LogP) is 4.78. The molecule has 0 unspecified atom stereocenters. The Balaban J connectivity index is 1.86. The van der Waals surface area contributed by atoms with Gasteiger partial charge >= 0.3 is 12.1 Å². The number of aromatic nitrogens is 2. The van der Waals surface area contributed by atoms with Gasteiger partial charge in [-0.05, 0) is 51.4 Å². The minimum absolute atomic E-state index is 0.0763. The third-order valence-electron chi connectivity index (χ3n) is 5.64. The molecule has 0 saturated carbocycles. The van der Waals surface area contributed by atoms with E-state index in [9.17, 15) is 9.59 Å². The van der Waals surface area contributed by atoms with Gasteiger partial charge in [-0.2, -0.15) is 0 Å². The number of imidazole rings is 1. The van der Waals surface area contributed by atoms with Gasteiger partial charge in [0.05, 0.1) is 29.6 Å². The van der Waals surface area contributed by atoms with Crippen LogP contribution in [0.3, 0.4) is 0 Å². The van der Waals surface area contributed by atoms with E-state index in [0.29, 0.717) is 32.0 Å². The molecule has 1 amide bonds. The van der Waals surface area contributed by atoms with Crippen LogP contribution in [-0.4, -0.2) is 67.0 Å². The van der Waals surface area contributed by atoms with Crippen molar-refractivity contribution in [1.29, 1.82) is 0 Å². The van der Waals surface area contributed by atoms with Crippen LogP contribution in [0.1, 0.15) is 48.4 Å². The number of benzene rings is 1. The van der Waals surface area contributed by atoms with E-state index in [0.717, 1.165) is 28.5 Å². The lowest BCUT2D eigenvalue weighted by molar-refractivity contribution is 0.00641. The highest BCUT2D eigenvalue weighted by Gasteiger charge is 2.37. The number of nitrogens with zero attached hydrogens (tertiary/aromatic N) is 3. The zero-order valence-corrected chi connectivity index (χ0v) is 22.2. The van der Waals surface area contributed by atoms with E-state index in [1.54, 1.807) is 4.90 Å². The number of hydrogen-bond acceptors (Lipinski definition) is 6. The molecule has 1 aliphatic heterocycles. The average Bonchev–Trinajstić information content (AvgIpc) is 2.97. The van der Waals surface area contributed by atoms with E-state index in [4.69, 9.17) is 19.2 Å². The minimum Gasteiger partial charge on any atom is -0.465 e. The number of rotatable bonds is 7. The standard InChI is InChI=1S/C24H37N3O5Si/c1-16-11-19-20(12-18(16)22(28)30-5)27(15-31-9-10-33(6,7)8)21(25-19)17-13-26(14-17)23(29)32-24(2,3)4/h11-12,17H,9-10,13-15H2,1-8H3. The van der Waals surface area contributed by atoms with Gasteiger partial charge in [-0.3, -0.25) is 0 Å². The number of carbonyl (C=O) groups is 2. The second kappa shape index (κ2) is 9.46. The molecule has 0 N–H and O–H groups in total. The normalized spacial score (nSPS) is 15.0. The molecule has 0 bridgehead atoms. The molecule has 0 atom stereocenters. The number of aryl methyl sites for hydroxylation is 1. The Morgan fingerprint density at radius 2 is 1.85 bits per heavy atom. The van der Waals surface area contributed by atoms with Crippen molar-refractivity contribution in [3.05, 3.63) is 29.1 Å². The van der Waals surface area contributed by atoms with Gasteiger partial charge in [0.25, 0.3) is 0 Å². The summed E-state index contributed by atoms with van der Waals surface area (Å²) in [5, 5.41) is 0. The third kappa shape index (κ3) is 6.14. The fourth-order valence-corrected chi connectivity index (χ4v) is 4.48. The maximum absolute atomic E-state index is 12.4. The summed E-state index contributed by atoms with van der Waals surface area (Å²) in [4.78, 5) is 31.2. The molecule has 3 rings (SSSR count). The summed E-state index contributed by atoms with van der Waals surface area (Å²) >= 11 is 0. The Morgan fingerprint density at radius 3 is 2.42 bits per heavy atom. The zero-order valence-electron chi connectivity index (χ0n) is 21.2. The van der Waals surface area contributed by atoms with Crippen molar-refractivity contribution in [3.8, 4) is 0 Å². The van der Waals surface area contributed by atoms with Gasteiger partial charge < -0.3 is 23.7 Å². The van der Waals surface area contributed by atoms with E-state index in [1.165, 1.54) is 7.11 Å². The largest absolute Gasteiger partial charge is 0.465 e. The molecular formula is C24H37N3O5Si. The van der Waals surface area contributed by atoms with Crippen LogP contribution in [0.5, 0.6) is 0 Å². The Labute approximate surface area is 197 Å². The van der Waals surface area contributed by atoms with Crippen molar-refractivity contribution in [2.24, 2.45) is 0 Å². The topological polar surface area (TPSA) is 82.9 Å². The molecule has 1 aromatic carbocycles. The number of carbonyl (C=O) groups excluding carboxylic acids is 2. The van der Waals surface area contributed by atoms with Crippen molar-refractivity contribution in [3.63, 3.8) is 0 Å². The van der Waals surface area contributed by atoms with E-state index in [2.05, 4.69) is 19.6 Å². The molecular weight excluding hydrogens is 438 g/mol. The molecule has 33 heavy (non-hydrogen) atoms. The molecule has 1 fully saturated rings. The van der Waals surface area contributed by atoms with E-state index in [1.807, 2.05) is 44.4 Å². The highest BCUT2D eigenvalue weighted by Crippen LogP contribution is 2.32. The molecule has 182 valence electrons. The molecule has 0 spiro atoms. The smallest absolute Gasteiger partial charge is 0.410 e. The average molecular weight is 476 g/mol. The fourth-order valence-electron chi connectivity index (χ4n) is 3.72. The van der Waals surface area contributed by atoms with Crippen LogP contribution >= 0.6 is 0 Å². The summed E-state index contributed by atoms with van der Waals surface area (Å²) in [7, 11) is 0.172. The van der Waals surface area contributed by atoms with Gasteiger partial charge in [0.1, 0.15) is 18.2 Å². The van der Waals surface area contributed by atoms with Crippen LogP contribution in [0.2, 0.25) is 25.7 Å². The summed E-state index contributed by atoms with van der Waals surface area (Å²) in [5.41, 5.74) is 2.44. The lowest BCUT2D eigenvalue weighted by atomic mass is 10.00. The second-order valence-electron chi connectivity index (χ2n) is 11.0. The first-order valence-electron chi connectivity index (χ1n) is 11.4. The molecule has 1 saturated heterocycles. The van der Waals surface area contributed by atoms with Crippen molar-refractivity contribution in [1.82, 2.24) is 14.5 Å². The van der Waals surface area contributed by atoms with Crippen LogP contribution in [0.4, 0.5) is 4.79 Å². The summed E-state index contributed by atoms with van der Waals surface area (Å²) in [6.45, 7) is 16.5. The molecule has 8 nitrogen and oxygen atoms in total. The van der Waals surface area contributed by atoms with Crippen molar-refractivity contribution in [2.45, 2.75) is 71.6 Å². The molecule has 1 aliphatic rings. The number of esters is 1. The lowest BCUT2D eigenvalue weighted by Crippen LogP contribution is -2.51. The third-order valence-corrected chi connectivity index (χ3v) is 7.35. The molecule has 9 heteroatoms. The lowest BCUT2D eigenvalue weighted by Gasteiger charge is -2.39. The first-order valence-corrected chi connectivity index (χ1v) is 15.1. The van der Waals surface area contributed by atoms with Gasteiger partial charge in [-0.25, -0.2) is 14.6 Å². The number of ether oxygens (including phenoxy) is 3. The SMILES string of the molecule is COC(=O)c1cc2c(cc1C)nc(C1CN(C(=O)OC(C)(C)C)C1)n2COCC[Si](C)(C)C. The first-order chi connectivity index (χ1) is 15.3. The molecule has 2 aromatic rings. The Hall–Kier alpha value is -2.39. The van der Waals surface area contributed by atoms with Gasteiger partial charge in [0, 0.05) is 27.8 Å². The molecule has 1 aromatic heterocycles. The summed E-state index contributed by atoms with van der Waals surface area (Å²) in [5.74, 6) is 0.565. The van der Waals surface area contributed by atoms with Gasteiger partial charge in [0.15, 0.2) is 0 Å². The number of hydrogen-bond donors (Lipinski definition) is 0. The summed E-state index contributed by atoms with van der Waals surface area (Å²) < 4.78 is 18.5. The van der Waals surface area contributed by atoms with E-state index >= 15 is 0 Å². The highest BCUT2D eigenvalue weighted by molar-refractivity contribution is 6.76. The number of methoxy groups -OCH3 is 1. The van der Waals surface area contributed by atoms with Crippen LogP contribution < -0.4 is 0 Å². The predicted molar refractivity (Wildman–Crippen MR) is 130 cm³/mol. The maximum atomic E-state index is 12.4. The number of fused-ring (bicyclic) bond motifs is 1. The maximum Gasteiger partial charge on any atom is 0.410 e. The molecule has 0 radical (unpaired) electrons. The highest BCUT2D eigenvalue weighted by atomic mass is 28.3. The van der Waals surface area contributed by atoms with Crippen LogP contribution in [-0.2, 0) is 20.9 Å². The van der Waals surface area contributed by atoms with E-state index < -0.39 is 13.7 Å². The summed E-state index contributed by atoms with van der Waals surface area (Å²) in [6.07, 6.45) is -0.309. The van der Waals surface area contributed by atoms with Crippen LogP contribution in [0.15, 0.2) is 12.1 Å². The van der Waals surface area contributed by atoms with Crippen molar-refractivity contribution in [2.75, 3.05) is 26.8 Å². The monoisotopic (exact) mass is 475 g/mol. The fraction of sp³-hybridized carbons (Fsp3) is 0.625. The van der Waals surface area contributed by atoms with E-state index in [-0.39, 0.29) is 18.0 Å². The number of amides is 1. The quantitative estimate of drug-likeness (QED) is 0.326. The molecule has 0 aliphatic carbocycles. The van der Waals surface area contributed by atoms with Crippen LogP contribution in [0, 0.1) is 6.92 Å². The first kappa shape index (κ1) is 25.2. The zero-order chi connectivity index (χ0) is 24.6. The molecule has 2 heterocycles. The summed E-state index contributed by atoms with van der Waals surface area (Å²) in [6, 6.07) is 4.81. The Bertz CT molecular complexity index is 1030. The Kier molecular flexibility index (Phi) is 7.23.